The number of nitrogens with one attached hydrogen (secondary N) is 2. The van der Waals surface area contributed by atoms with Crippen molar-refractivity contribution in [2.45, 2.75) is 51.9 Å². The molecule has 220 valence electrons. The molecule has 1 aliphatic rings. The number of carbonyl (C=O) groups is 2. The van der Waals surface area contributed by atoms with Gasteiger partial charge in [-0.2, -0.15) is 5.21 Å². The molecule has 1 saturated carbocycles. The van der Waals surface area contributed by atoms with Gasteiger partial charge in [0.05, 0.1) is 29.1 Å². The SMILES string of the molecule is CC(OOC(=O)C1CCCCC1)OC(=O)c1cccc2[nH]c(=O)n(Cc3ccc(-c4ccccc4-c4nn[nH]n4)cc3)c12. The average Bonchev–Trinajstić information content (AvgIpc) is 3.69. The van der Waals surface area contributed by atoms with Gasteiger partial charge in [0.2, 0.25) is 12.1 Å². The van der Waals surface area contributed by atoms with Gasteiger partial charge in [0.25, 0.3) is 0 Å². The van der Waals surface area contributed by atoms with E-state index >= 15 is 0 Å². The van der Waals surface area contributed by atoms with E-state index in [4.69, 9.17) is 14.5 Å². The van der Waals surface area contributed by atoms with Crippen LogP contribution in [0.1, 0.15) is 54.9 Å². The minimum absolute atomic E-state index is 0.176. The number of benzene rings is 3. The van der Waals surface area contributed by atoms with Crippen LogP contribution in [0.4, 0.5) is 0 Å². The van der Waals surface area contributed by atoms with Crippen molar-refractivity contribution in [3.8, 4) is 22.5 Å². The maximum Gasteiger partial charge on any atom is 0.345 e. The number of aromatic nitrogens is 6. The van der Waals surface area contributed by atoms with E-state index in [0.717, 1.165) is 54.4 Å². The molecule has 0 aliphatic heterocycles. The van der Waals surface area contributed by atoms with E-state index in [1.807, 2.05) is 48.5 Å². The molecule has 3 aromatic carbocycles. The summed E-state index contributed by atoms with van der Waals surface area (Å²) in [6, 6.07) is 20.4. The van der Waals surface area contributed by atoms with Crippen molar-refractivity contribution in [3.63, 3.8) is 0 Å². The Labute approximate surface area is 245 Å². The van der Waals surface area contributed by atoms with Gasteiger partial charge < -0.3 is 9.72 Å². The first-order chi connectivity index (χ1) is 21.0. The molecule has 0 spiro atoms. The third kappa shape index (κ3) is 6.09. The maximum absolute atomic E-state index is 13.2. The first-order valence-corrected chi connectivity index (χ1v) is 14.2. The van der Waals surface area contributed by atoms with E-state index in [9.17, 15) is 14.4 Å². The number of aromatic amines is 2. The summed E-state index contributed by atoms with van der Waals surface area (Å²) in [4.78, 5) is 51.3. The van der Waals surface area contributed by atoms with Crippen LogP contribution in [0.3, 0.4) is 0 Å². The average molecular weight is 583 g/mol. The van der Waals surface area contributed by atoms with Crippen LogP contribution in [0.2, 0.25) is 0 Å². The molecule has 2 heterocycles. The Bertz CT molecular complexity index is 1790. The Morgan fingerprint density at radius 1 is 0.977 bits per heavy atom. The van der Waals surface area contributed by atoms with Crippen LogP contribution in [0.5, 0.6) is 0 Å². The van der Waals surface area contributed by atoms with Gasteiger partial charge in [-0.25, -0.2) is 14.4 Å². The predicted octanol–water partition coefficient (Wildman–Crippen LogP) is 4.78. The second kappa shape index (κ2) is 12.4. The molecule has 1 atom stereocenters. The highest BCUT2D eigenvalue weighted by molar-refractivity contribution is 6.02. The van der Waals surface area contributed by atoms with E-state index in [-0.39, 0.29) is 23.7 Å². The normalized spacial score (nSPS) is 14.4. The summed E-state index contributed by atoms with van der Waals surface area (Å²) in [5.74, 6) is -0.873. The van der Waals surface area contributed by atoms with Gasteiger partial charge in [0.15, 0.2) is 0 Å². The van der Waals surface area contributed by atoms with Gasteiger partial charge >= 0.3 is 17.6 Å². The molecule has 1 unspecified atom stereocenters. The zero-order valence-corrected chi connectivity index (χ0v) is 23.5. The zero-order chi connectivity index (χ0) is 29.8. The summed E-state index contributed by atoms with van der Waals surface area (Å²) in [5.41, 5.74) is 4.25. The van der Waals surface area contributed by atoms with E-state index in [2.05, 4.69) is 25.6 Å². The van der Waals surface area contributed by atoms with Crippen LogP contribution in [0.15, 0.2) is 71.5 Å². The molecule has 2 N–H and O–H groups in total. The monoisotopic (exact) mass is 582 g/mol. The van der Waals surface area contributed by atoms with Crippen molar-refractivity contribution >= 4 is 23.0 Å². The molecule has 12 heteroatoms. The topological polar surface area (TPSA) is 154 Å². The number of hydrogen-bond acceptors (Lipinski definition) is 9. The summed E-state index contributed by atoms with van der Waals surface area (Å²) in [5, 5.41) is 14.3. The molecule has 0 bridgehead atoms. The fourth-order valence-electron chi connectivity index (χ4n) is 5.47. The van der Waals surface area contributed by atoms with E-state index in [0.29, 0.717) is 16.9 Å². The number of rotatable bonds is 9. The van der Waals surface area contributed by atoms with Crippen molar-refractivity contribution in [1.29, 1.82) is 0 Å². The molecule has 1 aliphatic carbocycles. The zero-order valence-electron chi connectivity index (χ0n) is 23.5. The number of nitrogens with zero attached hydrogens (tertiary/aromatic N) is 4. The molecule has 5 aromatic rings. The lowest BCUT2D eigenvalue weighted by atomic mass is 9.89. The number of fused-ring (bicyclic) bond motifs is 1. The Morgan fingerprint density at radius 3 is 2.49 bits per heavy atom. The number of ether oxygens (including phenoxy) is 1. The van der Waals surface area contributed by atoms with Gasteiger partial charge in [0.1, 0.15) is 0 Å². The van der Waals surface area contributed by atoms with Gasteiger partial charge in [0, 0.05) is 12.5 Å². The van der Waals surface area contributed by atoms with Gasteiger partial charge in [-0.3, -0.25) is 9.45 Å². The van der Waals surface area contributed by atoms with E-state index < -0.39 is 18.2 Å². The first-order valence-electron chi connectivity index (χ1n) is 14.2. The van der Waals surface area contributed by atoms with Gasteiger partial charge in [-0.05, 0) is 46.9 Å². The number of imidazole rings is 1. The predicted molar refractivity (Wildman–Crippen MR) is 155 cm³/mol. The van der Waals surface area contributed by atoms with Crippen LogP contribution in [-0.4, -0.2) is 48.4 Å². The Kier molecular flexibility index (Phi) is 8.09. The Morgan fingerprint density at radius 2 is 1.74 bits per heavy atom. The quantitative estimate of drug-likeness (QED) is 0.108. The third-order valence-electron chi connectivity index (χ3n) is 7.61. The lowest BCUT2D eigenvalue weighted by Crippen LogP contribution is -2.25. The number of para-hydroxylation sites is 1. The number of esters is 1. The van der Waals surface area contributed by atoms with Crippen molar-refractivity contribution < 1.29 is 24.1 Å². The summed E-state index contributed by atoms with van der Waals surface area (Å²) in [6.07, 6.45) is 3.45. The number of tetrazole rings is 1. The molecule has 0 radical (unpaired) electrons. The summed E-state index contributed by atoms with van der Waals surface area (Å²) < 4.78 is 6.91. The largest absolute Gasteiger partial charge is 0.428 e. The summed E-state index contributed by atoms with van der Waals surface area (Å²) in [7, 11) is 0. The van der Waals surface area contributed by atoms with Gasteiger partial charge in [-0.15, -0.1) is 15.1 Å². The fraction of sp³-hybridized carbons (Fsp3) is 0.290. The minimum Gasteiger partial charge on any atom is -0.428 e. The Balaban J connectivity index is 1.18. The second-order valence-corrected chi connectivity index (χ2v) is 10.5. The number of H-pyrrole nitrogens is 2. The number of hydrogen-bond donors (Lipinski definition) is 2. The first kappa shape index (κ1) is 28.0. The summed E-state index contributed by atoms with van der Waals surface area (Å²) >= 11 is 0. The molecule has 2 aromatic heterocycles. The molecule has 1 fully saturated rings. The third-order valence-corrected chi connectivity index (χ3v) is 7.61. The fourth-order valence-corrected chi connectivity index (χ4v) is 5.47. The standard InChI is InChI=1S/C31H30N6O6/c1-19(42-43-29(38)22-8-3-2-4-9-22)41-30(39)25-12-7-13-26-27(25)37(31(40)32-26)18-20-14-16-21(17-15-20)23-10-5-6-11-24(23)28-33-35-36-34-28/h5-7,10-17,19,22H,2-4,8-9,18H2,1H3,(H,32,40)(H,33,34,35,36). The lowest BCUT2D eigenvalue weighted by molar-refractivity contribution is -0.338. The van der Waals surface area contributed by atoms with Crippen LogP contribution < -0.4 is 5.69 Å². The number of carbonyl (C=O) groups excluding carboxylic acids is 2. The van der Waals surface area contributed by atoms with E-state index in [1.54, 1.807) is 18.2 Å². The second-order valence-electron chi connectivity index (χ2n) is 10.5. The van der Waals surface area contributed by atoms with Crippen LogP contribution in [-0.2, 0) is 25.9 Å². The summed E-state index contributed by atoms with van der Waals surface area (Å²) in [6.45, 7) is 1.68. The highest BCUT2D eigenvalue weighted by Crippen LogP contribution is 2.30. The highest BCUT2D eigenvalue weighted by Gasteiger charge is 2.25. The van der Waals surface area contributed by atoms with Gasteiger partial charge in [-0.1, -0.05) is 73.9 Å². The molecule has 6 rings (SSSR count). The van der Waals surface area contributed by atoms with Crippen LogP contribution >= 0.6 is 0 Å². The van der Waals surface area contributed by atoms with Crippen molar-refractivity contribution in [3.05, 3.63) is 88.3 Å². The molecule has 12 nitrogen and oxygen atoms in total. The van der Waals surface area contributed by atoms with Crippen molar-refractivity contribution in [2.24, 2.45) is 5.92 Å². The molecular formula is C31H30N6O6. The van der Waals surface area contributed by atoms with Crippen molar-refractivity contribution in [1.82, 2.24) is 30.2 Å². The smallest absolute Gasteiger partial charge is 0.345 e. The molecule has 43 heavy (non-hydrogen) atoms. The van der Waals surface area contributed by atoms with Crippen LogP contribution in [0, 0.1) is 5.92 Å². The molecular weight excluding hydrogens is 552 g/mol. The maximum atomic E-state index is 13.2. The highest BCUT2D eigenvalue weighted by atomic mass is 17.2. The van der Waals surface area contributed by atoms with Crippen LogP contribution in [0.25, 0.3) is 33.5 Å². The molecule has 0 amide bonds. The van der Waals surface area contributed by atoms with Crippen molar-refractivity contribution in [2.75, 3.05) is 0 Å². The molecule has 0 saturated heterocycles. The van der Waals surface area contributed by atoms with E-state index in [1.165, 1.54) is 11.5 Å². The Hall–Kier alpha value is -5.10. The lowest BCUT2D eigenvalue weighted by Gasteiger charge is -2.20. The minimum atomic E-state index is -1.14.